The van der Waals surface area contributed by atoms with Crippen molar-refractivity contribution >= 4 is 23.6 Å². The number of aliphatic hydroxyl groups excluding tert-OH is 1. The Balaban J connectivity index is 1.42. The number of ether oxygens (including phenoxy) is 5. The summed E-state index contributed by atoms with van der Waals surface area (Å²) in [5, 5.41) is 11.4. The van der Waals surface area contributed by atoms with Gasteiger partial charge in [0.1, 0.15) is 23.9 Å². The second-order valence-corrected chi connectivity index (χ2v) is 17.8. The second kappa shape index (κ2) is 19.3. The van der Waals surface area contributed by atoms with Crippen LogP contribution in [-0.4, -0.2) is 125 Å². The summed E-state index contributed by atoms with van der Waals surface area (Å²) in [6, 6.07) is 11.3. The van der Waals surface area contributed by atoms with Gasteiger partial charge in [-0.05, 0) is 109 Å². The van der Waals surface area contributed by atoms with Crippen LogP contribution < -0.4 is 0 Å². The molecular formula is C46H67N3O10. The number of hydrogen-bond donors (Lipinski definition) is 1. The summed E-state index contributed by atoms with van der Waals surface area (Å²) in [6.07, 6.45) is 1.78. The predicted molar refractivity (Wildman–Crippen MR) is 222 cm³/mol. The molecule has 0 unspecified atom stereocenters. The molecule has 0 radical (unpaired) electrons. The Morgan fingerprint density at radius 3 is 2.17 bits per heavy atom. The van der Waals surface area contributed by atoms with Crippen LogP contribution in [0.1, 0.15) is 93.1 Å². The summed E-state index contributed by atoms with van der Waals surface area (Å²) in [4.78, 5) is 64.6. The number of cyclic esters (lactones) is 1. The van der Waals surface area contributed by atoms with Gasteiger partial charge in [0.05, 0.1) is 23.9 Å². The number of aryl methyl sites for hydroxylation is 1. The fourth-order valence-electron chi connectivity index (χ4n) is 9.73. The third-order valence-electron chi connectivity index (χ3n) is 13.2. The average molecular weight is 822 g/mol. The molecule has 13 nitrogen and oxygen atoms in total. The van der Waals surface area contributed by atoms with E-state index in [1.54, 1.807) is 38.1 Å². The number of Topliss-reactive ketones (excluding diaryl/α,β-unsaturated/α-hetero) is 2. The van der Waals surface area contributed by atoms with Crippen molar-refractivity contribution in [3.05, 3.63) is 54.4 Å². The van der Waals surface area contributed by atoms with Crippen molar-refractivity contribution < 1.29 is 48.0 Å². The van der Waals surface area contributed by atoms with Crippen LogP contribution in [0.4, 0.5) is 4.79 Å². The van der Waals surface area contributed by atoms with Crippen molar-refractivity contribution in [1.82, 2.24) is 14.8 Å². The number of carbonyl (C=O) groups is 4. The number of ketones is 2. The highest BCUT2D eigenvalue weighted by molar-refractivity contribution is 6.00. The number of aliphatic hydroxyl groups is 1. The zero-order chi connectivity index (χ0) is 43.4. The molecule has 0 saturated carbocycles. The van der Waals surface area contributed by atoms with Gasteiger partial charge in [-0.3, -0.25) is 19.4 Å². The first kappa shape index (κ1) is 46.3. The van der Waals surface area contributed by atoms with Gasteiger partial charge in [0.2, 0.25) is 0 Å². The highest BCUT2D eigenvalue weighted by atomic mass is 16.7. The summed E-state index contributed by atoms with van der Waals surface area (Å²) in [6.45, 7) is 14.4. The smallest absolute Gasteiger partial charge is 0.410 e. The summed E-state index contributed by atoms with van der Waals surface area (Å²) in [7, 11) is 5.25. The fraction of sp³-hybridized carbons (Fsp3) is 0.674. The molecule has 1 aromatic heterocycles. The maximum absolute atomic E-state index is 14.7. The van der Waals surface area contributed by atoms with Crippen LogP contribution in [0.5, 0.6) is 0 Å². The summed E-state index contributed by atoms with van der Waals surface area (Å²) in [5.74, 6) is -4.89. The zero-order valence-corrected chi connectivity index (χ0v) is 36.9. The molecular weight excluding hydrogens is 755 g/mol. The lowest BCUT2D eigenvalue weighted by atomic mass is 9.73. The van der Waals surface area contributed by atoms with E-state index in [2.05, 4.69) is 29.2 Å². The Labute approximate surface area is 350 Å². The van der Waals surface area contributed by atoms with Crippen molar-refractivity contribution in [1.29, 1.82) is 0 Å². The predicted octanol–water partition coefficient (Wildman–Crippen LogP) is 6.28. The molecule has 0 spiro atoms. The molecule has 0 bridgehead atoms. The van der Waals surface area contributed by atoms with Gasteiger partial charge in [0.25, 0.3) is 0 Å². The zero-order valence-electron chi connectivity index (χ0n) is 36.9. The van der Waals surface area contributed by atoms with Crippen LogP contribution in [0.3, 0.4) is 0 Å². The van der Waals surface area contributed by atoms with Crippen molar-refractivity contribution in [3.63, 3.8) is 0 Å². The van der Waals surface area contributed by atoms with Gasteiger partial charge >= 0.3 is 12.1 Å². The first-order valence-electron chi connectivity index (χ1n) is 21.3. The molecule has 3 saturated heterocycles. The molecule has 3 fully saturated rings. The summed E-state index contributed by atoms with van der Waals surface area (Å²) in [5.41, 5.74) is 0.722. The molecule has 13 heteroatoms. The number of methoxy groups -OCH3 is 1. The molecule has 326 valence electrons. The van der Waals surface area contributed by atoms with Gasteiger partial charge in [0.15, 0.2) is 17.7 Å². The molecule has 4 heterocycles. The number of carbonyl (C=O) groups excluding carboxylic acids is 4. The van der Waals surface area contributed by atoms with Crippen molar-refractivity contribution in [2.75, 3.05) is 27.7 Å². The van der Waals surface area contributed by atoms with Crippen LogP contribution in [0, 0.1) is 23.7 Å². The monoisotopic (exact) mass is 821 g/mol. The average Bonchev–Trinajstić information content (AvgIpc) is 3.48. The Kier molecular flexibility index (Phi) is 15.2. The number of amides is 1. The van der Waals surface area contributed by atoms with E-state index in [9.17, 15) is 24.3 Å². The SMILES string of the molecule is CC[C@@H]1OC(=O)[C@H](C)C(=O)[C@H](C)[C@@H](O[C@@H]2O[C@H](C)C[C@H](N(C)C)[C@H]2O)[C@](C)(OC)C[C@@H](C)C(=O)[C@@H](C)[C@H]2N(CCCCc3ccc(-c4ccncc4)cc3)C(=O)O[C@]12C. The number of rotatable bonds is 11. The van der Waals surface area contributed by atoms with Crippen molar-refractivity contribution in [2.45, 2.75) is 148 Å². The number of esters is 1. The van der Waals surface area contributed by atoms with E-state index in [0.29, 0.717) is 19.4 Å². The third kappa shape index (κ3) is 9.91. The van der Waals surface area contributed by atoms with Crippen molar-refractivity contribution in [2.24, 2.45) is 23.7 Å². The summed E-state index contributed by atoms with van der Waals surface area (Å²) < 4.78 is 31.3. The largest absolute Gasteiger partial charge is 0.458 e. The van der Waals surface area contributed by atoms with E-state index in [1.165, 1.54) is 19.6 Å². The highest BCUT2D eigenvalue weighted by Crippen LogP contribution is 2.43. The summed E-state index contributed by atoms with van der Waals surface area (Å²) >= 11 is 0. The number of aromatic nitrogens is 1. The second-order valence-electron chi connectivity index (χ2n) is 17.8. The number of benzene rings is 1. The standard InChI is InChI=1S/C46H67N3O10/c1-12-36-46(8)40(49(44(54)59-46)24-14-13-15-32-16-18-33(19-17-32)34-20-22-47-23-21-34)29(4)37(50)27(2)26-45(7,55-11)41(30(5)38(51)31(6)42(53)57-36)58-43-39(52)35(48(9)10)25-28(3)56-43/h16-23,27-31,35-36,39-41,43,52H,12-15,24-26H2,1-11H3/t27-,28-,29-,30+,31-,35+,36+,39-,40-,41-,43+,45-,46-/m1/s1. The maximum Gasteiger partial charge on any atom is 0.410 e. The minimum absolute atomic E-state index is 0.137. The molecule has 13 atom stereocenters. The van der Waals surface area contributed by atoms with E-state index in [4.69, 9.17) is 23.7 Å². The number of unbranched alkanes of at least 4 members (excludes halogenated alkanes) is 1. The van der Waals surface area contributed by atoms with E-state index in [0.717, 1.165) is 24.0 Å². The van der Waals surface area contributed by atoms with Gasteiger partial charge in [-0.2, -0.15) is 0 Å². The van der Waals surface area contributed by atoms with Crippen LogP contribution in [-0.2, 0) is 44.5 Å². The Hall–Kier alpha value is -3.75. The number of fused-ring (bicyclic) bond motifs is 1. The molecule has 59 heavy (non-hydrogen) atoms. The van der Waals surface area contributed by atoms with Gasteiger partial charge in [-0.15, -0.1) is 0 Å². The van der Waals surface area contributed by atoms with E-state index in [1.807, 2.05) is 58.8 Å². The fourth-order valence-corrected chi connectivity index (χ4v) is 9.73. The minimum Gasteiger partial charge on any atom is -0.458 e. The maximum atomic E-state index is 14.7. The normalized spacial score (nSPS) is 36.2. The number of pyridine rings is 1. The van der Waals surface area contributed by atoms with E-state index >= 15 is 0 Å². The minimum atomic E-state index is -1.39. The number of nitrogens with zero attached hydrogens (tertiary/aromatic N) is 3. The molecule has 3 aliphatic rings. The topological polar surface area (TPSA) is 154 Å². The number of likely N-dealkylation sites (N-methyl/N-ethyl adjacent to an activating group) is 1. The molecule has 0 aliphatic carbocycles. The van der Waals surface area contributed by atoms with Gasteiger partial charge in [-0.1, -0.05) is 52.0 Å². The van der Waals surface area contributed by atoms with Gasteiger partial charge in [-0.25, -0.2) is 4.79 Å². The lowest BCUT2D eigenvalue weighted by Crippen LogP contribution is -2.60. The Morgan fingerprint density at radius 1 is 0.915 bits per heavy atom. The molecule has 1 N–H and O–H groups in total. The van der Waals surface area contributed by atoms with E-state index < -0.39 is 83.4 Å². The molecule has 1 aromatic carbocycles. The highest BCUT2D eigenvalue weighted by Gasteiger charge is 2.60. The lowest BCUT2D eigenvalue weighted by molar-refractivity contribution is -0.295. The van der Waals surface area contributed by atoms with Crippen LogP contribution in [0.15, 0.2) is 48.8 Å². The number of hydrogen-bond acceptors (Lipinski definition) is 12. The van der Waals surface area contributed by atoms with Crippen LogP contribution in [0.2, 0.25) is 0 Å². The lowest BCUT2D eigenvalue weighted by Gasteiger charge is -2.47. The van der Waals surface area contributed by atoms with Gasteiger partial charge in [0, 0.05) is 49.8 Å². The third-order valence-corrected chi connectivity index (χ3v) is 13.2. The quantitative estimate of drug-likeness (QED) is 0.154. The Bertz CT molecular complexity index is 1760. The molecule has 2 aromatic rings. The molecule has 5 rings (SSSR count). The molecule has 1 amide bonds. The Morgan fingerprint density at radius 2 is 1.56 bits per heavy atom. The van der Waals surface area contributed by atoms with Gasteiger partial charge < -0.3 is 38.6 Å². The van der Waals surface area contributed by atoms with Crippen LogP contribution in [0.25, 0.3) is 11.1 Å². The first-order valence-corrected chi connectivity index (χ1v) is 21.3. The first-order chi connectivity index (χ1) is 27.9. The van der Waals surface area contributed by atoms with Crippen LogP contribution >= 0.6 is 0 Å². The molecule has 3 aliphatic heterocycles. The van der Waals surface area contributed by atoms with E-state index in [-0.39, 0.29) is 30.8 Å². The van der Waals surface area contributed by atoms with Crippen molar-refractivity contribution in [3.8, 4) is 11.1 Å².